The second-order valence-electron chi connectivity index (χ2n) is 9.43. The number of thioether (sulfide) groups is 1. The number of piperidine rings is 1. The van der Waals surface area contributed by atoms with Crippen molar-refractivity contribution in [2.75, 3.05) is 32.5 Å². The molecule has 204 valence electrons. The number of aliphatic carboxylic acids is 1. The SMILES string of the molecule is COc1ccc2ncc(Cl)c([C@H](O)CCC3(C(=O)O)CCN(CCSc4cc(F)c(F)c(F)c4)CC3)c2c1. The number of methoxy groups -OCH3 is 1. The number of ether oxygens (including phenoxy) is 1. The summed E-state index contributed by atoms with van der Waals surface area (Å²) in [7, 11) is 1.54. The minimum Gasteiger partial charge on any atom is -0.497 e. The molecule has 0 radical (unpaired) electrons. The molecule has 0 saturated carbocycles. The summed E-state index contributed by atoms with van der Waals surface area (Å²) in [5, 5.41) is 22.1. The highest BCUT2D eigenvalue weighted by atomic mass is 35.5. The third-order valence-corrected chi connectivity index (χ3v) is 8.46. The normalized spacial score (nSPS) is 16.5. The van der Waals surface area contributed by atoms with Crippen molar-refractivity contribution in [2.24, 2.45) is 5.41 Å². The average Bonchev–Trinajstić information content (AvgIpc) is 2.90. The first kappa shape index (κ1) is 28.5. The molecule has 1 aliphatic rings. The molecule has 2 heterocycles. The van der Waals surface area contributed by atoms with Gasteiger partial charge in [0.2, 0.25) is 0 Å². The first-order valence-corrected chi connectivity index (χ1v) is 13.5. The van der Waals surface area contributed by atoms with Crippen LogP contribution in [0.3, 0.4) is 0 Å². The van der Waals surface area contributed by atoms with Crippen molar-refractivity contribution < 1.29 is 32.9 Å². The number of aliphatic hydroxyl groups excluding tert-OH is 1. The molecule has 2 N–H and O–H groups in total. The standard InChI is InChI=1S/C27H28ClF3N2O4S/c1-37-16-2-3-22-18(12-16)24(19(28)15-32-22)23(34)4-5-27(26(35)36)6-8-33(9-7-27)10-11-38-17-13-20(29)25(31)21(30)14-17/h2-3,12-15,23,34H,4-11H2,1H3,(H,35,36)/t23-/m1/s1. The first-order chi connectivity index (χ1) is 18.1. The van der Waals surface area contributed by atoms with Crippen LogP contribution in [0, 0.1) is 22.9 Å². The molecule has 4 rings (SSSR count). The monoisotopic (exact) mass is 568 g/mol. The number of hydrogen-bond donors (Lipinski definition) is 2. The topological polar surface area (TPSA) is 82.9 Å². The summed E-state index contributed by atoms with van der Waals surface area (Å²) in [5.74, 6) is -3.72. The van der Waals surface area contributed by atoms with E-state index < -0.39 is 34.9 Å². The fraction of sp³-hybridized carbons (Fsp3) is 0.407. The van der Waals surface area contributed by atoms with Gasteiger partial charge in [-0.3, -0.25) is 9.78 Å². The molecule has 1 saturated heterocycles. The van der Waals surface area contributed by atoms with Crippen LogP contribution in [0.2, 0.25) is 5.02 Å². The Hall–Kier alpha value is -2.53. The van der Waals surface area contributed by atoms with E-state index in [4.69, 9.17) is 16.3 Å². The van der Waals surface area contributed by atoms with E-state index in [0.717, 1.165) is 12.1 Å². The predicted molar refractivity (Wildman–Crippen MR) is 140 cm³/mol. The van der Waals surface area contributed by atoms with Crippen molar-refractivity contribution in [3.05, 3.63) is 64.6 Å². The predicted octanol–water partition coefficient (Wildman–Crippen LogP) is 6.09. The van der Waals surface area contributed by atoms with Crippen molar-refractivity contribution in [2.45, 2.75) is 36.7 Å². The summed E-state index contributed by atoms with van der Waals surface area (Å²) in [5.41, 5.74) is 0.162. The van der Waals surface area contributed by atoms with Crippen LogP contribution >= 0.6 is 23.4 Å². The lowest BCUT2D eigenvalue weighted by atomic mass is 9.74. The summed E-state index contributed by atoms with van der Waals surface area (Å²) in [6.07, 6.45) is 1.77. The van der Waals surface area contributed by atoms with E-state index in [2.05, 4.69) is 9.88 Å². The maximum absolute atomic E-state index is 13.4. The number of carbonyl (C=O) groups is 1. The Kier molecular flexibility index (Phi) is 9.07. The molecule has 1 atom stereocenters. The second-order valence-corrected chi connectivity index (χ2v) is 11.0. The molecule has 1 fully saturated rings. The van der Waals surface area contributed by atoms with Crippen LogP contribution in [0.15, 0.2) is 41.4 Å². The van der Waals surface area contributed by atoms with Crippen LogP contribution in [0.5, 0.6) is 5.75 Å². The number of nitrogens with zero attached hydrogens (tertiary/aromatic N) is 2. The number of aromatic nitrogens is 1. The summed E-state index contributed by atoms with van der Waals surface area (Å²) in [4.78, 5) is 19.0. The van der Waals surface area contributed by atoms with Crippen molar-refractivity contribution >= 4 is 40.2 Å². The highest BCUT2D eigenvalue weighted by Crippen LogP contribution is 2.41. The van der Waals surface area contributed by atoms with Gasteiger partial charge in [0, 0.05) is 34.3 Å². The van der Waals surface area contributed by atoms with E-state index >= 15 is 0 Å². The number of likely N-dealkylation sites (tertiary alicyclic amines) is 1. The highest BCUT2D eigenvalue weighted by molar-refractivity contribution is 7.99. The zero-order chi connectivity index (χ0) is 27.4. The minimum atomic E-state index is -1.49. The van der Waals surface area contributed by atoms with Gasteiger partial charge in [-0.1, -0.05) is 11.6 Å². The number of carboxylic acid groups (broad SMARTS) is 1. The molecule has 0 unspecified atom stereocenters. The zero-order valence-corrected chi connectivity index (χ0v) is 22.3. The van der Waals surface area contributed by atoms with Gasteiger partial charge in [0.25, 0.3) is 0 Å². The number of rotatable bonds is 10. The van der Waals surface area contributed by atoms with E-state index in [1.54, 1.807) is 25.3 Å². The summed E-state index contributed by atoms with van der Waals surface area (Å²) >= 11 is 7.61. The largest absolute Gasteiger partial charge is 0.497 e. The van der Waals surface area contributed by atoms with E-state index in [1.807, 2.05) is 0 Å². The number of halogens is 4. The number of pyridine rings is 1. The Labute approximate surface area is 227 Å². The lowest BCUT2D eigenvalue weighted by Crippen LogP contribution is -2.45. The van der Waals surface area contributed by atoms with Crippen molar-refractivity contribution in [3.8, 4) is 5.75 Å². The van der Waals surface area contributed by atoms with Gasteiger partial charge in [0.05, 0.1) is 29.2 Å². The smallest absolute Gasteiger partial charge is 0.309 e. The lowest BCUT2D eigenvalue weighted by molar-refractivity contribution is -0.153. The zero-order valence-electron chi connectivity index (χ0n) is 20.7. The van der Waals surface area contributed by atoms with Gasteiger partial charge < -0.3 is 19.8 Å². The number of carboxylic acids is 1. The van der Waals surface area contributed by atoms with Gasteiger partial charge in [-0.05, 0) is 69.1 Å². The summed E-state index contributed by atoms with van der Waals surface area (Å²) in [6, 6.07) is 7.23. The molecular formula is C27H28ClF3N2O4S. The Bertz CT molecular complexity index is 1300. The number of benzene rings is 2. The maximum Gasteiger partial charge on any atom is 0.309 e. The summed E-state index contributed by atoms with van der Waals surface area (Å²) in [6.45, 7) is 1.65. The van der Waals surface area contributed by atoms with Crippen molar-refractivity contribution in [3.63, 3.8) is 0 Å². The van der Waals surface area contributed by atoms with Gasteiger partial charge in [-0.15, -0.1) is 11.8 Å². The second kappa shape index (κ2) is 12.1. The van der Waals surface area contributed by atoms with E-state index in [0.29, 0.717) is 70.4 Å². The number of fused-ring (bicyclic) bond motifs is 1. The molecule has 11 heteroatoms. The molecule has 6 nitrogen and oxygen atoms in total. The van der Waals surface area contributed by atoms with Crippen LogP contribution < -0.4 is 4.74 Å². The Morgan fingerprint density at radius 2 is 1.89 bits per heavy atom. The Balaban J connectivity index is 1.36. The lowest BCUT2D eigenvalue weighted by Gasteiger charge is -2.39. The van der Waals surface area contributed by atoms with E-state index in [9.17, 15) is 28.2 Å². The fourth-order valence-electron chi connectivity index (χ4n) is 4.87. The van der Waals surface area contributed by atoms with Gasteiger partial charge in [-0.25, -0.2) is 13.2 Å². The number of aliphatic hydroxyl groups is 1. The van der Waals surface area contributed by atoms with E-state index in [1.165, 1.54) is 18.0 Å². The third-order valence-electron chi connectivity index (χ3n) is 7.20. The van der Waals surface area contributed by atoms with Crippen LogP contribution in [0.25, 0.3) is 10.9 Å². The Morgan fingerprint density at radius 3 is 2.53 bits per heavy atom. The number of hydrogen-bond acceptors (Lipinski definition) is 6. The molecule has 0 spiro atoms. The average molecular weight is 569 g/mol. The summed E-state index contributed by atoms with van der Waals surface area (Å²) < 4.78 is 45.3. The molecule has 0 bridgehead atoms. The Morgan fingerprint density at radius 1 is 1.21 bits per heavy atom. The minimum absolute atomic E-state index is 0.208. The molecule has 0 amide bonds. The van der Waals surface area contributed by atoms with Gasteiger partial charge in [0.1, 0.15) is 5.75 Å². The fourth-order valence-corrected chi connectivity index (χ4v) is 6.11. The molecule has 3 aromatic rings. The van der Waals surface area contributed by atoms with E-state index in [-0.39, 0.29) is 12.8 Å². The quantitative estimate of drug-likeness (QED) is 0.226. The molecule has 0 aliphatic carbocycles. The van der Waals surface area contributed by atoms with Crippen molar-refractivity contribution in [1.29, 1.82) is 0 Å². The molecule has 38 heavy (non-hydrogen) atoms. The highest BCUT2D eigenvalue weighted by Gasteiger charge is 2.41. The van der Waals surface area contributed by atoms with Crippen molar-refractivity contribution in [1.82, 2.24) is 9.88 Å². The molecular weight excluding hydrogens is 541 g/mol. The van der Waals surface area contributed by atoms with Gasteiger partial charge in [-0.2, -0.15) is 0 Å². The molecule has 2 aromatic carbocycles. The molecule has 1 aliphatic heterocycles. The maximum atomic E-state index is 13.4. The van der Waals surface area contributed by atoms with Crippen LogP contribution in [0.4, 0.5) is 13.2 Å². The third kappa shape index (κ3) is 6.20. The van der Waals surface area contributed by atoms with Gasteiger partial charge in [0.15, 0.2) is 17.5 Å². The molecule has 1 aromatic heterocycles. The van der Waals surface area contributed by atoms with Crippen LogP contribution in [-0.4, -0.2) is 58.6 Å². The van der Waals surface area contributed by atoms with Crippen LogP contribution in [-0.2, 0) is 4.79 Å². The van der Waals surface area contributed by atoms with Crippen LogP contribution in [0.1, 0.15) is 37.4 Å². The first-order valence-electron chi connectivity index (χ1n) is 12.2. The van der Waals surface area contributed by atoms with Gasteiger partial charge >= 0.3 is 5.97 Å².